The quantitative estimate of drug-likeness (QED) is 0.705. The number of rotatable bonds is 3. The normalized spacial score (nSPS) is 29.1. The molecule has 1 aliphatic rings. The van der Waals surface area contributed by atoms with E-state index in [2.05, 4.69) is 27.7 Å². The minimum atomic E-state index is -0.514. The third-order valence-corrected chi connectivity index (χ3v) is 3.90. The van der Waals surface area contributed by atoms with Crippen LogP contribution in [0.2, 0.25) is 0 Å². The maximum atomic E-state index is 10.4. The van der Waals surface area contributed by atoms with Crippen LogP contribution in [0.25, 0.3) is 0 Å². The third-order valence-electron chi connectivity index (χ3n) is 3.90. The molecule has 78 valence electrons. The van der Waals surface area contributed by atoms with Crippen molar-refractivity contribution < 1.29 is 5.11 Å². The third kappa shape index (κ3) is 1.62. The van der Waals surface area contributed by atoms with Gasteiger partial charge in [-0.1, -0.05) is 27.7 Å². The van der Waals surface area contributed by atoms with Gasteiger partial charge in [0.2, 0.25) is 0 Å². The molecule has 0 saturated heterocycles. The molecule has 0 amide bonds. The molecule has 0 heterocycles. The Morgan fingerprint density at radius 2 is 1.85 bits per heavy atom. The maximum Gasteiger partial charge on any atom is 0.0723 e. The number of nitrogens with two attached hydrogens (primary N) is 1. The molecule has 0 aliphatic heterocycles. The molecular formula is C11H23NO. The van der Waals surface area contributed by atoms with Gasteiger partial charge in [-0.25, -0.2) is 0 Å². The van der Waals surface area contributed by atoms with E-state index in [1.807, 2.05) is 0 Å². The van der Waals surface area contributed by atoms with E-state index in [4.69, 9.17) is 5.73 Å². The number of hydrogen-bond donors (Lipinski definition) is 2. The second-order valence-corrected chi connectivity index (χ2v) is 5.67. The number of hydrogen-bond acceptors (Lipinski definition) is 2. The van der Waals surface area contributed by atoms with Crippen molar-refractivity contribution in [3.63, 3.8) is 0 Å². The van der Waals surface area contributed by atoms with Gasteiger partial charge >= 0.3 is 0 Å². The van der Waals surface area contributed by atoms with E-state index in [0.717, 1.165) is 19.3 Å². The molecule has 1 fully saturated rings. The first kappa shape index (κ1) is 11.0. The van der Waals surface area contributed by atoms with E-state index >= 15 is 0 Å². The topological polar surface area (TPSA) is 46.2 Å². The second kappa shape index (κ2) is 2.96. The Hall–Kier alpha value is -0.0800. The summed E-state index contributed by atoms with van der Waals surface area (Å²) in [4.78, 5) is 0. The maximum absolute atomic E-state index is 10.4. The molecule has 3 N–H and O–H groups in total. The van der Waals surface area contributed by atoms with E-state index in [9.17, 15) is 5.11 Å². The highest BCUT2D eigenvalue weighted by atomic mass is 16.3. The van der Waals surface area contributed by atoms with Gasteiger partial charge < -0.3 is 10.8 Å². The fraction of sp³-hybridized carbons (Fsp3) is 1.00. The fourth-order valence-corrected chi connectivity index (χ4v) is 2.62. The van der Waals surface area contributed by atoms with E-state index in [1.165, 1.54) is 0 Å². The first-order chi connectivity index (χ1) is 5.79. The summed E-state index contributed by atoms with van der Waals surface area (Å²) >= 11 is 0. The molecule has 1 unspecified atom stereocenters. The van der Waals surface area contributed by atoms with Crippen LogP contribution >= 0.6 is 0 Å². The van der Waals surface area contributed by atoms with Crippen LogP contribution in [0, 0.1) is 10.8 Å². The van der Waals surface area contributed by atoms with Crippen molar-refractivity contribution in [1.29, 1.82) is 0 Å². The molecule has 0 radical (unpaired) electrons. The zero-order chi connectivity index (χ0) is 10.3. The summed E-state index contributed by atoms with van der Waals surface area (Å²) in [5.41, 5.74) is 5.44. The summed E-state index contributed by atoms with van der Waals surface area (Å²) in [6, 6.07) is 0. The molecule has 13 heavy (non-hydrogen) atoms. The summed E-state index contributed by atoms with van der Waals surface area (Å²) in [5, 5.41) is 10.4. The smallest absolute Gasteiger partial charge is 0.0723 e. The lowest BCUT2D eigenvalue weighted by atomic mass is 9.51. The monoisotopic (exact) mass is 185 g/mol. The minimum absolute atomic E-state index is 0.0947. The first-order valence-electron chi connectivity index (χ1n) is 5.21. The Kier molecular flexibility index (Phi) is 2.50. The summed E-state index contributed by atoms with van der Waals surface area (Å²) in [5.74, 6) is 0. The van der Waals surface area contributed by atoms with Crippen molar-refractivity contribution in [2.75, 3.05) is 6.54 Å². The lowest BCUT2D eigenvalue weighted by Gasteiger charge is -2.58. The molecule has 0 spiro atoms. The van der Waals surface area contributed by atoms with Gasteiger partial charge in [-0.3, -0.25) is 0 Å². The molecule has 0 bridgehead atoms. The van der Waals surface area contributed by atoms with E-state index in [1.54, 1.807) is 0 Å². The predicted molar refractivity (Wildman–Crippen MR) is 55.4 cm³/mol. The molecule has 2 heteroatoms. The standard InChI is InChI=1S/C11H23NO/c1-5-10(4,8-12)11(13)6-9(2,3)7-11/h13H,5-8,12H2,1-4H3. The predicted octanol–water partition coefficient (Wildman–Crippen LogP) is 1.91. The lowest BCUT2D eigenvalue weighted by Crippen LogP contribution is -2.61. The van der Waals surface area contributed by atoms with Gasteiger partial charge in [0.1, 0.15) is 0 Å². The van der Waals surface area contributed by atoms with Gasteiger partial charge in [-0.05, 0) is 24.7 Å². The summed E-state index contributed by atoms with van der Waals surface area (Å²) in [6.45, 7) is 9.19. The largest absolute Gasteiger partial charge is 0.389 e. The molecule has 1 rings (SSSR count). The van der Waals surface area contributed by atoms with Gasteiger partial charge in [0.05, 0.1) is 5.60 Å². The van der Waals surface area contributed by atoms with E-state index in [0.29, 0.717) is 12.0 Å². The average Bonchev–Trinajstić information content (AvgIpc) is 1.99. The summed E-state index contributed by atoms with van der Waals surface area (Å²) in [7, 11) is 0. The molecule has 0 aromatic rings. The highest BCUT2D eigenvalue weighted by Gasteiger charge is 2.56. The van der Waals surface area contributed by atoms with Gasteiger partial charge in [0.25, 0.3) is 0 Å². The van der Waals surface area contributed by atoms with Crippen LogP contribution in [0.4, 0.5) is 0 Å². The fourth-order valence-electron chi connectivity index (χ4n) is 2.62. The Bertz CT molecular complexity index is 186. The van der Waals surface area contributed by atoms with Crippen molar-refractivity contribution in [3.05, 3.63) is 0 Å². The minimum Gasteiger partial charge on any atom is -0.389 e. The molecular weight excluding hydrogens is 162 g/mol. The van der Waals surface area contributed by atoms with Crippen LogP contribution in [0.1, 0.15) is 47.0 Å². The SMILES string of the molecule is CCC(C)(CN)C1(O)CC(C)(C)C1. The van der Waals surface area contributed by atoms with Crippen molar-refractivity contribution >= 4 is 0 Å². The van der Waals surface area contributed by atoms with Crippen molar-refractivity contribution in [3.8, 4) is 0 Å². The molecule has 0 aromatic heterocycles. The molecule has 2 nitrogen and oxygen atoms in total. The highest BCUT2D eigenvalue weighted by molar-refractivity contribution is 5.08. The Balaban J connectivity index is 2.72. The van der Waals surface area contributed by atoms with Gasteiger partial charge in [0, 0.05) is 12.0 Å². The van der Waals surface area contributed by atoms with Crippen LogP contribution in [0.5, 0.6) is 0 Å². The Morgan fingerprint density at radius 3 is 2.08 bits per heavy atom. The van der Waals surface area contributed by atoms with E-state index in [-0.39, 0.29) is 5.41 Å². The zero-order valence-corrected chi connectivity index (χ0v) is 9.35. The Labute approximate surface area is 81.5 Å². The molecule has 1 saturated carbocycles. The first-order valence-corrected chi connectivity index (χ1v) is 5.21. The van der Waals surface area contributed by atoms with Gasteiger partial charge in [0.15, 0.2) is 0 Å². The average molecular weight is 185 g/mol. The van der Waals surface area contributed by atoms with Gasteiger partial charge in [-0.15, -0.1) is 0 Å². The van der Waals surface area contributed by atoms with Crippen LogP contribution in [0.15, 0.2) is 0 Å². The van der Waals surface area contributed by atoms with Crippen LogP contribution < -0.4 is 5.73 Å². The Morgan fingerprint density at radius 1 is 1.38 bits per heavy atom. The van der Waals surface area contributed by atoms with Crippen molar-refractivity contribution in [1.82, 2.24) is 0 Å². The highest BCUT2D eigenvalue weighted by Crippen LogP contribution is 2.56. The van der Waals surface area contributed by atoms with Crippen LogP contribution in [-0.2, 0) is 0 Å². The zero-order valence-electron chi connectivity index (χ0n) is 9.35. The van der Waals surface area contributed by atoms with E-state index < -0.39 is 5.60 Å². The summed E-state index contributed by atoms with van der Waals surface area (Å²) in [6.07, 6.45) is 2.74. The molecule has 1 aliphatic carbocycles. The molecule has 0 aromatic carbocycles. The van der Waals surface area contributed by atoms with Crippen molar-refractivity contribution in [2.24, 2.45) is 16.6 Å². The van der Waals surface area contributed by atoms with Crippen molar-refractivity contribution in [2.45, 2.75) is 52.6 Å². The van der Waals surface area contributed by atoms with Gasteiger partial charge in [-0.2, -0.15) is 0 Å². The van der Waals surface area contributed by atoms with Crippen LogP contribution in [-0.4, -0.2) is 17.3 Å². The molecule has 1 atom stereocenters. The van der Waals surface area contributed by atoms with Crippen LogP contribution in [0.3, 0.4) is 0 Å². The lowest BCUT2D eigenvalue weighted by molar-refractivity contribution is -0.187. The summed E-state index contributed by atoms with van der Waals surface area (Å²) < 4.78 is 0. The second-order valence-electron chi connectivity index (χ2n) is 5.67. The number of aliphatic hydroxyl groups is 1.